The van der Waals surface area contributed by atoms with Crippen molar-refractivity contribution in [2.45, 2.75) is 31.4 Å². The van der Waals surface area contributed by atoms with Crippen molar-refractivity contribution in [3.8, 4) is 0 Å². The third-order valence-corrected chi connectivity index (χ3v) is 4.88. The molecule has 0 unspecified atom stereocenters. The molecule has 0 radical (unpaired) electrons. The molecule has 1 aromatic rings. The molecular weight excluding hydrogens is 234 g/mol. The first-order valence-corrected chi connectivity index (χ1v) is 6.83. The highest BCUT2D eigenvalue weighted by Gasteiger charge is 2.40. The molecule has 0 aromatic carbocycles. The molecule has 96 valence electrons. The highest BCUT2D eigenvalue weighted by Crippen LogP contribution is 2.37. The second-order valence-corrected chi connectivity index (χ2v) is 6.19. The highest BCUT2D eigenvalue weighted by molar-refractivity contribution is 7.15. The van der Waals surface area contributed by atoms with E-state index in [2.05, 4.69) is 35.9 Å². The minimum Gasteiger partial charge on any atom is -0.391 e. The summed E-state index contributed by atoms with van der Waals surface area (Å²) in [7, 11) is 6.41. The lowest BCUT2D eigenvalue weighted by molar-refractivity contribution is 0.0683. The minimum absolute atomic E-state index is 0.0876. The maximum atomic E-state index is 9.05. The van der Waals surface area contributed by atoms with Gasteiger partial charge in [0.15, 0.2) is 5.13 Å². The largest absolute Gasteiger partial charge is 0.391 e. The van der Waals surface area contributed by atoms with Crippen molar-refractivity contribution in [2.24, 2.45) is 0 Å². The van der Waals surface area contributed by atoms with E-state index in [0.29, 0.717) is 5.54 Å². The fourth-order valence-corrected chi connectivity index (χ4v) is 3.12. The van der Waals surface area contributed by atoms with Crippen molar-refractivity contribution in [3.63, 3.8) is 0 Å². The molecule has 0 atom stereocenters. The predicted molar refractivity (Wildman–Crippen MR) is 71.6 cm³/mol. The molecule has 2 rings (SSSR count). The smallest absolute Gasteiger partial charge is 0.185 e. The van der Waals surface area contributed by atoms with E-state index in [1.807, 2.05) is 0 Å². The van der Waals surface area contributed by atoms with Gasteiger partial charge < -0.3 is 14.9 Å². The molecule has 0 spiro atoms. The SMILES string of the molecule is CN(CC1(N(C)C)CCC1)c1ncc(CO)s1. The number of likely N-dealkylation sites (N-methyl/N-ethyl adjacent to an activating group) is 2. The molecule has 5 heteroatoms. The van der Waals surface area contributed by atoms with Gasteiger partial charge in [-0.3, -0.25) is 0 Å². The van der Waals surface area contributed by atoms with Crippen molar-refractivity contribution < 1.29 is 5.11 Å². The summed E-state index contributed by atoms with van der Waals surface area (Å²) in [6.45, 7) is 1.10. The Hall–Kier alpha value is -0.650. The van der Waals surface area contributed by atoms with Crippen LogP contribution in [0.5, 0.6) is 0 Å². The van der Waals surface area contributed by atoms with Gasteiger partial charge in [0.05, 0.1) is 11.5 Å². The molecule has 1 aromatic heterocycles. The zero-order valence-corrected chi connectivity index (χ0v) is 11.6. The van der Waals surface area contributed by atoms with E-state index in [1.54, 1.807) is 17.5 Å². The van der Waals surface area contributed by atoms with E-state index >= 15 is 0 Å². The second kappa shape index (κ2) is 4.92. The van der Waals surface area contributed by atoms with Crippen LogP contribution in [0.15, 0.2) is 6.20 Å². The van der Waals surface area contributed by atoms with Crippen LogP contribution in [0.1, 0.15) is 24.1 Å². The minimum atomic E-state index is 0.0876. The van der Waals surface area contributed by atoms with E-state index in [-0.39, 0.29) is 6.61 Å². The molecule has 1 saturated carbocycles. The molecule has 1 heterocycles. The molecule has 0 amide bonds. The summed E-state index contributed by atoms with van der Waals surface area (Å²) in [6, 6.07) is 0. The monoisotopic (exact) mass is 255 g/mol. The Morgan fingerprint density at radius 2 is 2.12 bits per heavy atom. The van der Waals surface area contributed by atoms with E-state index in [9.17, 15) is 0 Å². The van der Waals surface area contributed by atoms with Gasteiger partial charge >= 0.3 is 0 Å². The van der Waals surface area contributed by atoms with Crippen molar-refractivity contribution in [1.29, 1.82) is 0 Å². The molecular formula is C12H21N3OS. The number of rotatable bonds is 5. The first-order valence-electron chi connectivity index (χ1n) is 6.01. The lowest BCUT2D eigenvalue weighted by Crippen LogP contribution is -2.56. The van der Waals surface area contributed by atoms with E-state index in [4.69, 9.17) is 5.11 Å². The number of aliphatic hydroxyl groups excluding tert-OH is 1. The van der Waals surface area contributed by atoms with Crippen LogP contribution in [0.4, 0.5) is 5.13 Å². The van der Waals surface area contributed by atoms with Gasteiger partial charge in [0.2, 0.25) is 0 Å². The number of anilines is 1. The van der Waals surface area contributed by atoms with Crippen LogP contribution in [0.25, 0.3) is 0 Å². The van der Waals surface area contributed by atoms with Gasteiger partial charge in [-0.05, 0) is 33.4 Å². The number of hydrogen-bond acceptors (Lipinski definition) is 5. The summed E-state index contributed by atoms with van der Waals surface area (Å²) in [5.74, 6) is 0. The Morgan fingerprint density at radius 3 is 2.53 bits per heavy atom. The van der Waals surface area contributed by atoms with Gasteiger partial charge in [-0.25, -0.2) is 4.98 Å². The Morgan fingerprint density at radius 1 is 1.41 bits per heavy atom. The Labute approximate surface area is 107 Å². The molecule has 1 N–H and O–H groups in total. The van der Waals surface area contributed by atoms with Crippen LogP contribution in [0.3, 0.4) is 0 Å². The lowest BCUT2D eigenvalue weighted by Gasteiger charge is -2.49. The summed E-state index contributed by atoms with van der Waals surface area (Å²) in [5, 5.41) is 10.1. The third kappa shape index (κ3) is 2.46. The number of hydrogen-bond donors (Lipinski definition) is 1. The zero-order valence-electron chi connectivity index (χ0n) is 10.8. The maximum Gasteiger partial charge on any atom is 0.185 e. The van der Waals surface area contributed by atoms with Crippen LogP contribution in [0.2, 0.25) is 0 Å². The van der Waals surface area contributed by atoms with Crippen LogP contribution in [-0.4, -0.2) is 48.2 Å². The Balaban J connectivity index is 2.03. The number of nitrogens with zero attached hydrogens (tertiary/aromatic N) is 3. The Kier molecular flexibility index (Phi) is 3.70. The van der Waals surface area contributed by atoms with Crippen molar-refractivity contribution >= 4 is 16.5 Å². The quantitative estimate of drug-likeness (QED) is 0.866. The fraction of sp³-hybridized carbons (Fsp3) is 0.750. The first-order chi connectivity index (χ1) is 8.07. The van der Waals surface area contributed by atoms with Crippen LogP contribution >= 0.6 is 11.3 Å². The average molecular weight is 255 g/mol. The summed E-state index contributed by atoms with van der Waals surface area (Å²) in [6.07, 6.45) is 5.62. The summed E-state index contributed by atoms with van der Waals surface area (Å²) < 4.78 is 0. The number of aromatic nitrogens is 1. The molecule has 0 bridgehead atoms. The number of aliphatic hydroxyl groups is 1. The van der Waals surface area contributed by atoms with Gasteiger partial charge in [0.1, 0.15) is 0 Å². The summed E-state index contributed by atoms with van der Waals surface area (Å²) in [5.41, 5.74) is 0.319. The molecule has 1 aliphatic carbocycles. The molecule has 17 heavy (non-hydrogen) atoms. The van der Waals surface area contributed by atoms with Crippen molar-refractivity contribution in [3.05, 3.63) is 11.1 Å². The summed E-state index contributed by atoms with van der Waals surface area (Å²) >= 11 is 1.57. The topological polar surface area (TPSA) is 39.6 Å². The molecule has 1 fully saturated rings. The standard InChI is InChI=1S/C12H21N3OS/c1-14(2)12(5-4-6-12)9-15(3)11-13-7-10(8-16)17-11/h7,16H,4-6,8-9H2,1-3H3. The van der Waals surface area contributed by atoms with E-state index < -0.39 is 0 Å². The summed E-state index contributed by atoms with van der Waals surface area (Å²) in [4.78, 5) is 9.84. The van der Waals surface area contributed by atoms with E-state index in [0.717, 1.165) is 16.6 Å². The van der Waals surface area contributed by atoms with Gasteiger partial charge in [0.25, 0.3) is 0 Å². The van der Waals surface area contributed by atoms with Gasteiger partial charge in [-0.1, -0.05) is 11.3 Å². The van der Waals surface area contributed by atoms with Gasteiger partial charge in [-0.15, -0.1) is 0 Å². The highest BCUT2D eigenvalue weighted by atomic mass is 32.1. The molecule has 0 saturated heterocycles. The molecule has 0 aliphatic heterocycles. The normalized spacial score (nSPS) is 18.2. The third-order valence-electron chi connectivity index (χ3n) is 3.79. The predicted octanol–water partition coefficient (Wildman–Crippen LogP) is 1.56. The zero-order chi connectivity index (χ0) is 12.5. The second-order valence-electron chi connectivity index (χ2n) is 5.10. The molecule has 1 aliphatic rings. The Bertz CT molecular complexity index is 374. The van der Waals surface area contributed by atoms with Crippen LogP contribution in [0, 0.1) is 0 Å². The first kappa shape index (κ1) is 12.8. The fourth-order valence-electron chi connectivity index (χ4n) is 2.39. The van der Waals surface area contributed by atoms with Gasteiger partial charge in [0, 0.05) is 25.3 Å². The lowest BCUT2D eigenvalue weighted by atomic mass is 9.75. The van der Waals surface area contributed by atoms with Crippen LogP contribution in [-0.2, 0) is 6.61 Å². The average Bonchev–Trinajstić information content (AvgIpc) is 2.71. The van der Waals surface area contributed by atoms with Crippen molar-refractivity contribution in [1.82, 2.24) is 9.88 Å². The maximum absolute atomic E-state index is 9.05. The van der Waals surface area contributed by atoms with Crippen molar-refractivity contribution in [2.75, 3.05) is 32.6 Å². The number of thiazole rings is 1. The van der Waals surface area contributed by atoms with E-state index in [1.165, 1.54) is 19.3 Å². The van der Waals surface area contributed by atoms with Crippen LogP contribution < -0.4 is 4.90 Å². The molecule has 4 nitrogen and oxygen atoms in total. The van der Waals surface area contributed by atoms with Gasteiger partial charge in [-0.2, -0.15) is 0 Å².